The zero-order valence-electron chi connectivity index (χ0n) is 5.97. The van der Waals surface area contributed by atoms with Gasteiger partial charge in [0.15, 0.2) is 0 Å². The Hall–Kier alpha value is -0.440. The predicted molar refractivity (Wildman–Crippen MR) is 54.7 cm³/mol. The molecule has 0 saturated heterocycles. The van der Waals surface area contributed by atoms with E-state index in [9.17, 15) is 0 Å². The lowest BCUT2D eigenvalue weighted by Gasteiger charge is -2.02. The lowest BCUT2D eigenvalue weighted by molar-refractivity contribution is 1.42. The van der Waals surface area contributed by atoms with E-state index in [0.29, 0.717) is 15.6 Å². The van der Waals surface area contributed by atoms with Crippen molar-refractivity contribution in [2.24, 2.45) is 5.73 Å². The van der Waals surface area contributed by atoms with Crippen molar-refractivity contribution < 1.29 is 0 Å². The highest BCUT2D eigenvalue weighted by molar-refractivity contribution is 6.39. The summed E-state index contributed by atoms with van der Waals surface area (Å²) in [5.41, 5.74) is 5.63. The van der Waals surface area contributed by atoms with Crippen molar-refractivity contribution >= 4 is 41.4 Å². The van der Waals surface area contributed by atoms with Gasteiger partial charge in [0.1, 0.15) is 5.84 Å². The quantitative estimate of drug-likeness (QED) is 0.560. The molecule has 0 aliphatic heterocycles. The average Bonchev–Trinajstić information content (AvgIpc) is 1.85. The maximum atomic E-state index is 7.13. The molecule has 0 radical (unpaired) electrons. The Morgan fingerprint density at radius 3 is 1.92 bits per heavy atom. The smallest absolute Gasteiger partial charge is 0.125 e. The van der Waals surface area contributed by atoms with Crippen molar-refractivity contribution in [1.29, 1.82) is 5.41 Å². The first-order valence-electron chi connectivity index (χ1n) is 2.91. The monoisotopic (exact) mass is 224 g/mol. The normalized spacial score (nSPS) is 8.83. The molecule has 1 rings (SSSR count). The van der Waals surface area contributed by atoms with Crippen molar-refractivity contribution in [2.75, 3.05) is 0 Å². The number of amidine groups is 1. The van der Waals surface area contributed by atoms with Crippen LogP contribution in [0.4, 0.5) is 0 Å². The number of nitrogen functional groups attached to an aromatic ring is 1. The number of halogens is 3. The Balaban J connectivity index is 0.00000121. The van der Waals surface area contributed by atoms with E-state index in [1.165, 1.54) is 0 Å². The Kier molecular flexibility index (Phi) is 4.39. The second-order valence-electron chi connectivity index (χ2n) is 2.01. The zero-order chi connectivity index (χ0) is 8.43. The molecule has 0 aliphatic rings. The molecule has 0 aliphatic carbocycles. The van der Waals surface area contributed by atoms with Gasteiger partial charge in [-0.3, -0.25) is 5.41 Å². The van der Waals surface area contributed by atoms with Crippen LogP contribution < -0.4 is 5.73 Å². The fraction of sp³-hybridized carbons (Fsp3) is 0. The van der Waals surface area contributed by atoms with Crippen molar-refractivity contribution in [3.63, 3.8) is 0 Å². The number of nitrogens with one attached hydrogen (secondary N) is 1. The van der Waals surface area contributed by atoms with E-state index >= 15 is 0 Å². The lowest BCUT2D eigenvalue weighted by Crippen LogP contribution is -2.12. The van der Waals surface area contributed by atoms with Crippen LogP contribution in [0.15, 0.2) is 18.2 Å². The first-order chi connectivity index (χ1) is 5.13. The van der Waals surface area contributed by atoms with Crippen LogP contribution in [-0.2, 0) is 0 Å². The minimum absolute atomic E-state index is 0. The SMILES string of the molecule is Cl.N=C(N)c1c(Cl)cccc1Cl. The van der Waals surface area contributed by atoms with Gasteiger partial charge >= 0.3 is 0 Å². The third-order valence-corrected chi connectivity index (χ3v) is 1.86. The molecule has 3 N–H and O–H groups in total. The largest absolute Gasteiger partial charge is 0.384 e. The fourth-order valence-corrected chi connectivity index (χ4v) is 1.36. The third kappa shape index (κ3) is 2.27. The molecule has 1 aromatic carbocycles. The summed E-state index contributed by atoms with van der Waals surface area (Å²) in [5.74, 6) is -0.111. The van der Waals surface area contributed by atoms with E-state index < -0.39 is 0 Å². The van der Waals surface area contributed by atoms with Gasteiger partial charge in [-0.25, -0.2) is 0 Å². The standard InChI is InChI=1S/C7H6Cl2N2.ClH/c8-4-2-1-3-5(9)6(4)7(10)11;/h1-3H,(H3,10,11);1H. The van der Waals surface area contributed by atoms with E-state index in [1.54, 1.807) is 18.2 Å². The molecule has 0 fully saturated rings. The van der Waals surface area contributed by atoms with Crippen LogP contribution in [0, 0.1) is 5.41 Å². The third-order valence-electron chi connectivity index (χ3n) is 1.23. The molecule has 0 heterocycles. The summed E-state index contributed by atoms with van der Waals surface area (Å²) in [7, 11) is 0. The number of hydrogen-bond donors (Lipinski definition) is 2. The molecule has 0 unspecified atom stereocenters. The number of nitrogens with two attached hydrogens (primary N) is 1. The molecule has 2 nitrogen and oxygen atoms in total. The minimum atomic E-state index is -0.111. The van der Waals surface area contributed by atoms with Gasteiger partial charge < -0.3 is 5.73 Å². The Morgan fingerprint density at radius 2 is 1.67 bits per heavy atom. The summed E-state index contributed by atoms with van der Waals surface area (Å²) in [5, 5.41) is 7.94. The Bertz CT molecular complexity index is 278. The summed E-state index contributed by atoms with van der Waals surface area (Å²) in [6, 6.07) is 4.99. The summed E-state index contributed by atoms with van der Waals surface area (Å²) in [6.45, 7) is 0. The molecule has 0 aromatic heterocycles. The van der Waals surface area contributed by atoms with Crippen LogP contribution in [0.25, 0.3) is 0 Å². The number of rotatable bonds is 1. The highest BCUT2D eigenvalue weighted by Crippen LogP contribution is 2.22. The van der Waals surface area contributed by atoms with E-state index in [-0.39, 0.29) is 18.2 Å². The molecule has 12 heavy (non-hydrogen) atoms. The first-order valence-corrected chi connectivity index (χ1v) is 3.67. The maximum absolute atomic E-state index is 7.13. The fourth-order valence-electron chi connectivity index (χ4n) is 0.755. The summed E-state index contributed by atoms with van der Waals surface area (Å²) >= 11 is 11.4. The molecule has 66 valence electrons. The van der Waals surface area contributed by atoms with Crippen LogP contribution in [0.5, 0.6) is 0 Å². The topological polar surface area (TPSA) is 49.9 Å². The molecule has 0 saturated carbocycles. The number of hydrogen-bond acceptors (Lipinski definition) is 1. The van der Waals surface area contributed by atoms with Gasteiger partial charge in [0, 0.05) is 0 Å². The molecule has 0 atom stereocenters. The summed E-state index contributed by atoms with van der Waals surface area (Å²) in [6.07, 6.45) is 0. The van der Waals surface area contributed by atoms with Crippen molar-refractivity contribution in [3.8, 4) is 0 Å². The van der Waals surface area contributed by atoms with E-state index in [0.717, 1.165) is 0 Å². The maximum Gasteiger partial charge on any atom is 0.125 e. The van der Waals surface area contributed by atoms with E-state index in [4.69, 9.17) is 34.3 Å². The van der Waals surface area contributed by atoms with Crippen molar-refractivity contribution in [1.82, 2.24) is 0 Å². The van der Waals surface area contributed by atoms with Gasteiger partial charge in [-0.1, -0.05) is 29.3 Å². The van der Waals surface area contributed by atoms with Gasteiger partial charge in [-0.15, -0.1) is 12.4 Å². The Labute approximate surface area is 86.6 Å². The van der Waals surface area contributed by atoms with Crippen LogP contribution >= 0.6 is 35.6 Å². The highest BCUT2D eigenvalue weighted by Gasteiger charge is 2.06. The minimum Gasteiger partial charge on any atom is -0.384 e. The summed E-state index contributed by atoms with van der Waals surface area (Å²) in [4.78, 5) is 0. The average molecular weight is 226 g/mol. The van der Waals surface area contributed by atoms with Gasteiger partial charge in [-0.2, -0.15) is 0 Å². The molecule has 5 heteroatoms. The molecular weight excluding hydrogens is 218 g/mol. The molecule has 0 amide bonds. The summed E-state index contributed by atoms with van der Waals surface area (Å²) < 4.78 is 0. The van der Waals surface area contributed by atoms with Gasteiger partial charge in [0.2, 0.25) is 0 Å². The van der Waals surface area contributed by atoms with Gasteiger partial charge in [-0.05, 0) is 12.1 Å². The predicted octanol–water partition coefficient (Wildman–Crippen LogP) is 2.70. The highest BCUT2D eigenvalue weighted by atomic mass is 35.5. The molecule has 0 bridgehead atoms. The van der Waals surface area contributed by atoms with Gasteiger partial charge in [0.05, 0.1) is 15.6 Å². The van der Waals surface area contributed by atoms with Crippen molar-refractivity contribution in [2.45, 2.75) is 0 Å². The van der Waals surface area contributed by atoms with Crippen molar-refractivity contribution in [3.05, 3.63) is 33.8 Å². The van der Waals surface area contributed by atoms with Crippen LogP contribution in [0.2, 0.25) is 10.0 Å². The molecule has 1 aromatic rings. The van der Waals surface area contributed by atoms with E-state index in [2.05, 4.69) is 0 Å². The van der Waals surface area contributed by atoms with Crippen LogP contribution in [0.3, 0.4) is 0 Å². The molecular formula is C7H7Cl3N2. The Morgan fingerprint density at radius 1 is 1.25 bits per heavy atom. The number of benzene rings is 1. The zero-order valence-corrected chi connectivity index (χ0v) is 8.30. The first kappa shape index (κ1) is 11.6. The molecule has 0 spiro atoms. The van der Waals surface area contributed by atoms with E-state index in [1.807, 2.05) is 0 Å². The second kappa shape index (κ2) is 4.55. The van der Waals surface area contributed by atoms with Crippen LogP contribution in [0.1, 0.15) is 5.56 Å². The van der Waals surface area contributed by atoms with Crippen LogP contribution in [-0.4, -0.2) is 5.84 Å². The van der Waals surface area contributed by atoms with Gasteiger partial charge in [0.25, 0.3) is 0 Å². The lowest BCUT2D eigenvalue weighted by atomic mass is 10.2. The second-order valence-corrected chi connectivity index (χ2v) is 2.82.